The molecule has 0 amide bonds. The van der Waals surface area contributed by atoms with Crippen LogP contribution in [0.3, 0.4) is 0 Å². The van der Waals surface area contributed by atoms with E-state index in [1.165, 1.54) is 37.7 Å². The summed E-state index contributed by atoms with van der Waals surface area (Å²) in [6.07, 6.45) is 5.14. The molecule has 130 valence electrons. The fraction of sp³-hybridized carbons (Fsp3) is 0.353. The maximum Gasteiger partial charge on any atom is 0.270 e. The second-order valence-electron chi connectivity index (χ2n) is 5.93. The number of nitro groups is 1. The van der Waals surface area contributed by atoms with Crippen molar-refractivity contribution in [2.75, 3.05) is 23.4 Å². The van der Waals surface area contributed by atoms with Crippen LogP contribution in [0.1, 0.15) is 31.7 Å². The molecule has 3 rings (SSSR count). The monoisotopic (exact) mass is 340 g/mol. The number of nitro benzene ring substituents is 1. The molecule has 8 nitrogen and oxygen atoms in total. The lowest BCUT2D eigenvalue weighted by Gasteiger charge is -2.27. The van der Waals surface area contributed by atoms with Gasteiger partial charge < -0.3 is 4.90 Å². The average molecular weight is 340 g/mol. The lowest BCUT2D eigenvalue weighted by molar-refractivity contribution is -0.384. The van der Waals surface area contributed by atoms with Crippen LogP contribution in [0.25, 0.3) is 0 Å². The highest BCUT2D eigenvalue weighted by Gasteiger charge is 2.12. The van der Waals surface area contributed by atoms with Crippen molar-refractivity contribution in [3.8, 4) is 0 Å². The zero-order valence-electron chi connectivity index (χ0n) is 14.1. The van der Waals surface area contributed by atoms with Crippen LogP contribution in [0.2, 0.25) is 0 Å². The van der Waals surface area contributed by atoms with E-state index >= 15 is 0 Å². The lowest BCUT2D eigenvalue weighted by atomic mass is 10.1. The Hall–Kier alpha value is -3.03. The molecule has 1 aliphatic heterocycles. The highest BCUT2D eigenvalue weighted by atomic mass is 16.6. The third-order valence-electron chi connectivity index (χ3n) is 4.15. The molecule has 0 radical (unpaired) electrons. The number of nitrogens with one attached hydrogen (secondary N) is 1. The topological polar surface area (TPSA) is 96.6 Å². The Bertz CT molecular complexity index is 786. The van der Waals surface area contributed by atoms with Crippen molar-refractivity contribution < 1.29 is 4.92 Å². The predicted octanol–water partition coefficient (Wildman–Crippen LogP) is 3.21. The number of rotatable bonds is 5. The van der Waals surface area contributed by atoms with Crippen LogP contribution < -0.4 is 10.3 Å². The second-order valence-corrected chi connectivity index (χ2v) is 5.93. The maximum absolute atomic E-state index is 10.9. The van der Waals surface area contributed by atoms with Crippen LogP contribution in [-0.2, 0) is 0 Å². The molecule has 0 saturated carbocycles. The largest absolute Gasteiger partial charge is 0.356 e. The summed E-state index contributed by atoms with van der Waals surface area (Å²) in [5.41, 5.74) is 4.28. The van der Waals surface area contributed by atoms with Crippen molar-refractivity contribution in [3.05, 3.63) is 52.3 Å². The highest BCUT2D eigenvalue weighted by molar-refractivity contribution is 5.99. The molecule has 0 unspecified atom stereocenters. The first kappa shape index (κ1) is 16.8. The molecule has 2 aromatic rings. The summed E-state index contributed by atoms with van der Waals surface area (Å²) >= 11 is 0. The van der Waals surface area contributed by atoms with Crippen molar-refractivity contribution >= 4 is 23.0 Å². The van der Waals surface area contributed by atoms with E-state index in [4.69, 9.17) is 0 Å². The molecule has 8 heteroatoms. The van der Waals surface area contributed by atoms with Crippen LogP contribution in [0.5, 0.6) is 0 Å². The number of anilines is 2. The van der Waals surface area contributed by atoms with Gasteiger partial charge in [0.05, 0.1) is 10.6 Å². The Balaban J connectivity index is 1.72. The molecule has 1 aliphatic rings. The van der Waals surface area contributed by atoms with Crippen LogP contribution in [0.4, 0.5) is 17.3 Å². The Morgan fingerprint density at radius 3 is 2.80 bits per heavy atom. The van der Waals surface area contributed by atoms with Gasteiger partial charge in [0.1, 0.15) is 12.1 Å². The van der Waals surface area contributed by atoms with E-state index in [0.717, 1.165) is 18.9 Å². The number of hydrogen-bond acceptors (Lipinski definition) is 7. The van der Waals surface area contributed by atoms with Gasteiger partial charge in [-0.25, -0.2) is 9.97 Å². The smallest absolute Gasteiger partial charge is 0.270 e. The van der Waals surface area contributed by atoms with E-state index in [1.807, 2.05) is 6.07 Å². The van der Waals surface area contributed by atoms with Crippen LogP contribution >= 0.6 is 0 Å². The minimum Gasteiger partial charge on any atom is -0.356 e. The minimum atomic E-state index is -0.417. The highest BCUT2D eigenvalue weighted by Crippen LogP contribution is 2.19. The van der Waals surface area contributed by atoms with Gasteiger partial charge in [-0.1, -0.05) is 12.1 Å². The fourth-order valence-corrected chi connectivity index (χ4v) is 2.75. The third-order valence-corrected chi connectivity index (χ3v) is 4.15. The summed E-state index contributed by atoms with van der Waals surface area (Å²) in [7, 11) is 0. The Morgan fingerprint density at radius 1 is 1.24 bits per heavy atom. The third kappa shape index (κ3) is 4.28. The van der Waals surface area contributed by atoms with Gasteiger partial charge in [-0.05, 0) is 26.2 Å². The van der Waals surface area contributed by atoms with Crippen LogP contribution in [0, 0.1) is 10.1 Å². The molecule has 1 N–H and O–H groups in total. The van der Waals surface area contributed by atoms with Crippen molar-refractivity contribution in [3.63, 3.8) is 0 Å². The fourth-order valence-electron chi connectivity index (χ4n) is 2.75. The molecule has 0 bridgehead atoms. The SMILES string of the molecule is CC(=NNc1cc(N2CCCCC2)ncn1)c1cccc([N+](=O)[O-])c1. The molecule has 1 aromatic carbocycles. The van der Waals surface area contributed by atoms with Gasteiger partial charge in [-0.2, -0.15) is 5.10 Å². The van der Waals surface area contributed by atoms with Gasteiger partial charge in [0, 0.05) is 36.9 Å². The number of non-ortho nitro benzene ring substituents is 1. The normalized spacial score (nSPS) is 15.1. The first-order valence-corrected chi connectivity index (χ1v) is 8.25. The van der Waals surface area contributed by atoms with Crippen molar-refractivity contribution in [2.24, 2.45) is 5.10 Å². The van der Waals surface area contributed by atoms with E-state index in [9.17, 15) is 10.1 Å². The van der Waals surface area contributed by atoms with Crippen LogP contribution in [0.15, 0.2) is 41.8 Å². The van der Waals surface area contributed by atoms with Gasteiger partial charge in [-0.15, -0.1) is 0 Å². The Labute approximate surface area is 145 Å². The van der Waals surface area contributed by atoms with Crippen LogP contribution in [-0.4, -0.2) is 33.7 Å². The number of piperidine rings is 1. The van der Waals surface area contributed by atoms with E-state index in [-0.39, 0.29) is 5.69 Å². The van der Waals surface area contributed by atoms with Crippen molar-refractivity contribution in [2.45, 2.75) is 26.2 Å². The zero-order valence-corrected chi connectivity index (χ0v) is 14.1. The molecule has 1 aromatic heterocycles. The van der Waals surface area contributed by atoms with Gasteiger partial charge >= 0.3 is 0 Å². The predicted molar refractivity (Wildman–Crippen MR) is 97.0 cm³/mol. The van der Waals surface area contributed by atoms with Crippen molar-refractivity contribution in [1.29, 1.82) is 0 Å². The molecule has 1 saturated heterocycles. The zero-order chi connectivity index (χ0) is 17.6. The number of hydrogen-bond donors (Lipinski definition) is 1. The maximum atomic E-state index is 10.9. The van der Waals surface area contributed by atoms with Gasteiger partial charge in [-0.3, -0.25) is 15.5 Å². The number of hydrazone groups is 1. The van der Waals surface area contributed by atoms with E-state index < -0.39 is 4.92 Å². The van der Waals surface area contributed by atoms with Crippen molar-refractivity contribution in [1.82, 2.24) is 9.97 Å². The van der Waals surface area contributed by atoms with E-state index in [1.54, 1.807) is 19.1 Å². The van der Waals surface area contributed by atoms with Gasteiger partial charge in [0.15, 0.2) is 5.82 Å². The molecule has 1 fully saturated rings. The molecular formula is C17H20N6O2. The summed E-state index contributed by atoms with van der Waals surface area (Å²) in [5, 5.41) is 15.2. The molecule has 0 aliphatic carbocycles. The molecule has 0 spiro atoms. The minimum absolute atomic E-state index is 0.0430. The second kappa shape index (κ2) is 7.69. The van der Waals surface area contributed by atoms with E-state index in [0.29, 0.717) is 17.1 Å². The van der Waals surface area contributed by atoms with Gasteiger partial charge in [0.2, 0.25) is 0 Å². The molecule has 0 atom stereocenters. The lowest BCUT2D eigenvalue weighted by Crippen LogP contribution is -2.30. The van der Waals surface area contributed by atoms with E-state index in [2.05, 4.69) is 25.4 Å². The quantitative estimate of drug-likeness (QED) is 0.510. The summed E-state index contributed by atoms with van der Waals surface area (Å²) in [6.45, 7) is 3.80. The first-order valence-electron chi connectivity index (χ1n) is 8.25. The number of aromatic nitrogens is 2. The number of nitrogens with zero attached hydrogens (tertiary/aromatic N) is 5. The standard InChI is InChI=1S/C17H20N6O2/c1-13(14-6-5-7-15(10-14)23(24)25)20-21-16-11-17(19-12-18-16)22-8-3-2-4-9-22/h5-7,10-12H,2-4,8-9H2,1H3,(H,18,19,21). The summed E-state index contributed by atoms with van der Waals surface area (Å²) in [5.74, 6) is 1.49. The molecular weight excluding hydrogens is 320 g/mol. The summed E-state index contributed by atoms with van der Waals surface area (Å²) in [4.78, 5) is 21.2. The summed E-state index contributed by atoms with van der Waals surface area (Å²) in [6, 6.07) is 8.26. The summed E-state index contributed by atoms with van der Waals surface area (Å²) < 4.78 is 0. The average Bonchev–Trinajstić information content (AvgIpc) is 2.67. The Kier molecular flexibility index (Phi) is 5.17. The molecule has 25 heavy (non-hydrogen) atoms. The molecule has 2 heterocycles. The van der Waals surface area contributed by atoms with Gasteiger partial charge in [0.25, 0.3) is 5.69 Å². The first-order chi connectivity index (χ1) is 12.1. The Morgan fingerprint density at radius 2 is 2.04 bits per heavy atom. The number of benzene rings is 1.